The molecule has 0 radical (unpaired) electrons. The van der Waals surface area contributed by atoms with Gasteiger partial charge in [-0.1, -0.05) is 11.6 Å². The maximum absolute atomic E-state index is 10.5. The van der Waals surface area contributed by atoms with E-state index in [4.69, 9.17) is 26.2 Å². The summed E-state index contributed by atoms with van der Waals surface area (Å²) in [6, 6.07) is 3.41. The normalized spacial score (nSPS) is 15.9. The predicted octanol–water partition coefficient (Wildman–Crippen LogP) is 2.86. The summed E-state index contributed by atoms with van der Waals surface area (Å²) in [6.07, 6.45) is 0.425. The summed E-state index contributed by atoms with van der Waals surface area (Å²) in [5.74, 6) is -0.338. The second kappa shape index (κ2) is 4.11. The average molecular weight is 257 g/mol. The summed E-state index contributed by atoms with van der Waals surface area (Å²) < 4.78 is 11.1. The third kappa shape index (κ3) is 2.64. The molecule has 92 valence electrons. The van der Waals surface area contributed by atoms with Crippen LogP contribution in [0.2, 0.25) is 5.02 Å². The first-order valence-corrected chi connectivity index (χ1v) is 5.67. The molecule has 1 aliphatic heterocycles. The fourth-order valence-electron chi connectivity index (χ4n) is 1.72. The Morgan fingerprint density at radius 1 is 1.35 bits per heavy atom. The van der Waals surface area contributed by atoms with Crippen LogP contribution in [0.5, 0.6) is 11.5 Å². The van der Waals surface area contributed by atoms with E-state index >= 15 is 0 Å². The van der Waals surface area contributed by atoms with Crippen LogP contribution in [0.1, 0.15) is 25.8 Å². The van der Waals surface area contributed by atoms with E-state index in [2.05, 4.69) is 0 Å². The van der Waals surface area contributed by atoms with Crippen molar-refractivity contribution in [3.05, 3.63) is 22.7 Å². The average Bonchev–Trinajstić information content (AvgIpc) is 2.47. The molecule has 1 aliphatic rings. The molecule has 4 nitrogen and oxygen atoms in total. The number of halogens is 1. The van der Waals surface area contributed by atoms with E-state index in [1.165, 1.54) is 0 Å². The van der Waals surface area contributed by atoms with E-state index in [9.17, 15) is 4.79 Å². The van der Waals surface area contributed by atoms with E-state index in [-0.39, 0.29) is 6.42 Å². The number of rotatable bonds is 3. The molecule has 0 aliphatic carbocycles. The Bertz CT molecular complexity index is 468. The summed E-state index contributed by atoms with van der Waals surface area (Å²) in [4.78, 5) is 10.5. The molecular weight excluding hydrogens is 244 g/mol. The SMILES string of the molecule is CC1(C)Oc2cc(Cl)c(CCC(=O)O)cc2O1. The van der Waals surface area contributed by atoms with Gasteiger partial charge in [0.05, 0.1) is 0 Å². The fraction of sp³-hybridized carbons (Fsp3) is 0.417. The maximum atomic E-state index is 10.5. The largest absolute Gasteiger partial charge is 0.481 e. The molecule has 0 saturated heterocycles. The van der Waals surface area contributed by atoms with Crippen LogP contribution in [0.4, 0.5) is 0 Å². The van der Waals surface area contributed by atoms with Gasteiger partial charge in [-0.15, -0.1) is 0 Å². The number of aryl methyl sites for hydroxylation is 1. The molecule has 1 aromatic carbocycles. The highest BCUT2D eigenvalue weighted by Gasteiger charge is 2.32. The van der Waals surface area contributed by atoms with Crippen molar-refractivity contribution < 1.29 is 19.4 Å². The lowest BCUT2D eigenvalue weighted by molar-refractivity contribution is -0.136. The van der Waals surface area contributed by atoms with Gasteiger partial charge in [-0.2, -0.15) is 0 Å². The van der Waals surface area contributed by atoms with Crippen LogP contribution in [0.3, 0.4) is 0 Å². The quantitative estimate of drug-likeness (QED) is 0.904. The van der Waals surface area contributed by atoms with Crippen molar-refractivity contribution in [2.75, 3.05) is 0 Å². The minimum Gasteiger partial charge on any atom is -0.481 e. The molecule has 1 heterocycles. The molecule has 0 saturated carbocycles. The number of aliphatic carboxylic acids is 1. The molecule has 0 spiro atoms. The van der Waals surface area contributed by atoms with Gasteiger partial charge in [0.1, 0.15) is 0 Å². The number of ether oxygens (including phenoxy) is 2. The smallest absolute Gasteiger partial charge is 0.303 e. The number of fused-ring (bicyclic) bond motifs is 1. The van der Waals surface area contributed by atoms with Crippen molar-refractivity contribution in [2.24, 2.45) is 0 Å². The lowest BCUT2D eigenvalue weighted by Crippen LogP contribution is -2.29. The minimum atomic E-state index is -0.848. The molecule has 0 aromatic heterocycles. The monoisotopic (exact) mass is 256 g/mol. The van der Waals surface area contributed by atoms with Gasteiger partial charge >= 0.3 is 5.97 Å². The highest BCUT2D eigenvalue weighted by atomic mass is 35.5. The van der Waals surface area contributed by atoms with Crippen molar-refractivity contribution in [3.8, 4) is 11.5 Å². The van der Waals surface area contributed by atoms with Gasteiger partial charge in [0.2, 0.25) is 5.79 Å². The van der Waals surface area contributed by atoms with Crippen LogP contribution < -0.4 is 9.47 Å². The zero-order valence-electron chi connectivity index (χ0n) is 9.62. The molecule has 1 aromatic rings. The summed E-state index contributed by atoms with van der Waals surface area (Å²) in [6.45, 7) is 3.61. The zero-order valence-corrected chi connectivity index (χ0v) is 10.4. The Morgan fingerprint density at radius 3 is 2.53 bits per heavy atom. The van der Waals surface area contributed by atoms with Crippen LogP contribution in [0, 0.1) is 0 Å². The van der Waals surface area contributed by atoms with Crippen LogP contribution in [0.25, 0.3) is 0 Å². The van der Waals surface area contributed by atoms with Crippen LogP contribution in [0.15, 0.2) is 12.1 Å². The van der Waals surface area contributed by atoms with Crippen molar-refractivity contribution in [1.29, 1.82) is 0 Å². The minimum absolute atomic E-state index is 0.0444. The third-order valence-electron chi connectivity index (χ3n) is 2.43. The fourth-order valence-corrected chi connectivity index (χ4v) is 1.97. The van der Waals surface area contributed by atoms with Crippen molar-refractivity contribution in [3.63, 3.8) is 0 Å². The molecule has 5 heteroatoms. The first kappa shape index (κ1) is 12.0. The van der Waals surface area contributed by atoms with E-state index in [1.54, 1.807) is 26.0 Å². The van der Waals surface area contributed by atoms with Crippen LogP contribution in [-0.2, 0) is 11.2 Å². The zero-order chi connectivity index (χ0) is 12.6. The number of carboxylic acid groups (broad SMARTS) is 1. The number of carboxylic acids is 1. The molecule has 0 amide bonds. The molecule has 0 bridgehead atoms. The van der Waals surface area contributed by atoms with E-state index in [0.29, 0.717) is 22.9 Å². The molecule has 17 heavy (non-hydrogen) atoms. The standard InChI is InChI=1S/C12H13ClO4/c1-12(2)16-9-5-7(3-4-11(14)15)8(13)6-10(9)17-12/h5-6H,3-4H2,1-2H3,(H,14,15). The maximum Gasteiger partial charge on any atom is 0.303 e. The number of hydrogen-bond acceptors (Lipinski definition) is 3. The Labute approximate surface area is 104 Å². The predicted molar refractivity (Wildman–Crippen MR) is 62.7 cm³/mol. The summed E-state index contributed by atoms with van der Waals surface area (Å²) in [5, 5.41) is 9.15. The Hall–Kier alpha value is -1.42. The van der Waals surface area contributed by atoms with Gasteiger partial charge in [0, 0.05) is 31.4 Å². The third-order valence-corrected chi connectivity index (χ3v) is 2.78. The Balaban J connectivity index is 2.24. The first-order valence-electron chi connectivity index (χ1n) is 5.30. The second-order valence-corrected chi connectivity index (χ2v) is 4.80. The van der Waals surface area contributed by atoms with Gasteiger partial charge in [0.15, 0.2) is 11.5 Å². The van der Waals surface area contributed by atoms with Crippen molar-refractivity contribution in [2.45, 2.75) is 32.5 Å². The van der Waals surface area contributed by atoms with Gasteiger partial charge in [-0.25, -0.2) is 0 Å². The molecule has 0 fully saturated rings. The summed E-state index contributed by atoms with van der Waals surface area (Å²) >= 11 is 6.06. The topological polar surface area (TPSA) is 55.8 Å². The molecular formula is C12H13ClO4. The van der Waals surface area contributed by atoms with Crippen LogP contribution >= 0.6 is 11.6 Å². The van der Waals surface area contributed by atoms with Gasteiger partial charge in [-0.3, -0.25) is 4.79 Å². The highest BCUT2D eigenvalue weighted by Crippen LogP contribution is 2.42. The molecule has 0 unspecified atom stereocenters. The summed E-state index contributed by atoms with van der Waals surface area (Å²) in [7, 11) is 0. The summed E-state index contributed by atoms with van der Waals surface area (Å²) in [5.41, 5.74) is 0.758. The lowest BCUT2D eigenvalue weighted by atomic mass is 10.1. The van der Waals surface area contributed by atoms with E-state index in [1.807, 2.05) is 0 Å². The second-order valence-electron chi connectivity index (χ2n) is 4.39. The number of carbonyl (C=O) groups is 1. The highest BCUT2D eigenvalue weighted by molar-refractivity contribution is 6.31. The van der Waals surface area contributed by atoms with Gasteiger partial charge in [-0.05, 0) is 18.1 Å². The van der Waals surface area contributed by atoms with Crippen molar-refractivity contribution >= 4 is 17.6 Å². The van der Waals surface area contributed by atoms with E-state index < -0.39 is 11.8 Å². The molecule has 2 rings (SSSR count). The first-order chi connectivity index (χ1) is 7.87. The van der Waals surface area contributed by atoms with Gasteiger partial charge in [0.25, 0.3) is 0 Å². The Morgan fingerprint density at radius 2 is 1.94 bits per heavy atom. The molecule has 0 atom stereocenters. The van der Waals surface area contributed by atoms with Gasteiger partial charge < -0.3 is 14.6 Å². The Kier molecular flexibility index (Phi) is 2.91. The number of benzene rings is 1. The van der Waals surface area contributed by atoms with Crippen LogP contribution in [-0.4, -0.2) is 16.9 Å². The van der Waals surface area contributed by atoms with E-state index in [0.717, 1.165) is 5.56 Å². The number of hydrogen-bond donors (Lipinski definition) is 1. The lowest BCUT2D eigenvalue weighted by Gasteiger charge is -2.16. The molecule has 1 N–H and O–H groups in total. The van der Waals surface area contributed by atoms with Crippen molar-refractivity contribution in [1.82, 2.24) is 0 Å².